The first-order chi connectivity index (χ1) is 13.0. The maximum Gasteiger partial charge on any atom is 0.331 e. The highest BCUT2D eigenvalue weighted by atomic mass is 16.5. The van der Waals surface area contributed by atoms with Crippen molar-refractivity contribution >= 4 is 10.9 Å². The Morgan fingerprint density at radius 3 is 2.33 bits per heavy atom. The first-order valence-electron chi connectivity index (χ1n) is 9.01. The minimum absolute atomic E-state index is 0.236. The van der Waals surface area contributed by atoms with Gasteiger partial charge >= 0.3 is 5.69 Å². The Hall–Kier alpha value is -2.86. The standard InChI is InChI=1S/C21H25N3O3/c1-22(2)13-6-14-23-19-8-5-4-7-18(19)20(25)24(21(23)26)15-16-9-11-17(27-3)12-10-16/h4-5,7-12H,6,13-15H2,1-3H3. The fourth-order valence-corrected chi connectivity index (χ4v) is 3.18. The molecule has 0 atom stereocenters. The molecule has 0 amide bonds. The average molecular weight is 367 g/mol. The number of aryl methyl sites for hydroxylation is 1. The van der Waals surface area contributed by atoms with E-state index in [0.29, 0.717) is 17.4 Å². The molecule has 0 fully saturated rings. The maximum absolute atomic E-state index is 13.1. The Morgan fingerprint density at radius 1 is 0.963 bits per heavy atom. The van der Waals surface area contributed by atoms with Crippen molar-refractivity contribution < 1.29 is 4.74 Å². The lowest BCUT2D eigenvalue weighted by atomic mass is 10.2. The van der Waals surface area contributed by atoms with Crippen molar-refractivity contribution in [1.29, 1.82) is 0 Å². The summed E-state index contributed by atoms with van der Waals surface area (Å²) in [7, 11) is 5.62. The van der Waals surface area contributed by atoms with Crippen LogP contribution in [0.4, 0.5) is 0 Å². The molecule has 3 rings (SSSR count). The van der Waals surface area contributed by atoms with E-state index < -0.39 is 0 Å². The summed E-state index contributed by atoms with van der Waals surface area (Å²) in [5, 5.41) is 0.565. The van der Waals surface area contributed by atoms with Crippen molar-refractivity contribution in [2.75, 3.05) is 27.7 Å². The summed E-state index contributed by atoms with van der Waals surface area (Å²) in [5.74, 6) is 0.741. The van der Waals surface area contributed by atoms with E-state index in [4.69, 9.17) is 4.74 Å². The lowest BCUT2D eigenvalue weighted by Gasteiger charge is -2.15. The molecule has 0 radical (unpaired) electrons. The number of benzene rings is 2. The minimum atomic E-state index is -0.270. The predicted octanol–water partition coefficient (Wildman–Crippen LogP) is 2.17. The van der Waals surface area contributed by atoms with E-state index in [0.717, 1.165) is 24.3 Å². The number of fused-ring (bicyclic) bond motifs is 1. The Balaban J connectivity index is 2.05. The second kappa shape index (κ2) is 8.22. The van der Waals surface area contributed by atoms with Crippen molar-refractivity contribution in [3.05, 3.63) is 74.9 Å². The number of aromatic nitrogens is 2. The van der Waals surface area contributed by atoms with E-state index in [1.54, 1.807) is 17.7 Å². The lowest BCUT2D eigenvalue weighted by Crippen LogP contribution is -2.40. The Bertz CT molecular complexity index is 1030. The molecular weight excluding hydrogens is 342 g/mol. The van der Waals surface area contributed by atoms with Crippen molar-refractivity contribution in [2.45, 2.75) is 19.5 Å². The zero-order valence-electron chi connectivity index (χ0n) is 16.0. The zero-order valence-corrected chi connectivity index (χ0v) is 16.0. The number of rotatable bonds is 7. The van der Waals surface area contributed by atoms with Crippen LogP contribution in [0.15, 0.2) is 58.1 Å². The van der Waals surface area contributed by atoms with Gasteiger partial charge in [0.2, 0.25) is 0 Å². The fraction of sp³-hybridized carbons (Fsp3) is 0.333. The third kappa shape index (κ3) is 4.11. The number of hydrogen-bond acceptors (Lipinski definition) is 4. The van der Waals surface area contributed by atoms with Gasteiger partial charge in [0, 0.05) is 6.54 Å². The van der Waals surface area contributed by atoms with Gasteiger partial charge in [0.25, 0.3) is 5.56 Å². The third-order valence-corrected chi connectivity index (χ3v) is 4.62. The molecule has 2 aromatic carbocycles. The minimum Gasteiger partial charge on any atom is -0.497 e. The van der Waals surface area contributed by atoms with Crippen LogP contribution in [0, 0.1) is 0 Å². The van der Waals surface area contributed by atoms with Gasteiger partial charge in [-0.3, -0.25) is 13.9 Å². The monoisotopic (exact) mass is 367 g/mol. The number of nitrogens with zero attached hydrogens (tertiary/aromatic N) is 3. The summed E-state index contributed by atoms with van der Waals surface area (Å²) in [4.78, 5) is 28.1. The Morgan fingerprint density at radius 2 is 1.67 bits per heavy atom. The molecule has 0 aliphatic rings. The highest BCUT2D eigenvalue weighted by molar-refractivity contribution is 5.77. The molecule has 27 heavy (non-hydrogen) atoms. The largest absolute Gasteiger partial charge is 0.497 e. The van der Waals surface area contributed by atoms with Crippen molar-refractivity contribution in [2.24, 2.45) is 0 Å². The molecule has 0 spiro atoms. The SMILES string of the molecule is COc1ccc(Cn2c(=O)c3ccccc3n(CCCN(C)C)c2=O)cc1. The highest BCUT2D eigenvalue weighted by Gasteiger charge is 2.13. The Labute approximate surface area is 158 Å². The molecule has 6 nitrogen and oxygen atoms in total. The van der Waals surface area contributed by atoms with Gasteiger partial charge in [0.1, 0.15) is 5.75 Å². The summed E-state index contributed by atoms with van der Waals surface area (Å²) in [6.45, 7) is 1.68. The van der Waals surface area contributed by atoms with Gasteiger partial charge in [-0.2, -0.15) is 0 Å². The van der Waals surface area contributed by atoms with Crippen molar-refractivity contribution in [3.63, 3.8) is 0 Å². The summed E-state index contributed by atoms with van der Waals surface area (Å²) in [5.41, 5.74) is 1.05. The predicted molar refractivity (Wildman–Crippen MR) is 108 cm³/mol. The van der Waals surface area contributed by atoms with Crippen molar-refractivity contribution in [1.82, 2.24) is 14.0 Å². The van der Waals surface area contributed by atoms with Gasteiger partial charge in [-0.25, -0.2) is 4.79 Å². The molecule has 0 unspecified atom stereocenters. The zero-order chi connectivity index (χ0) is 19.4. The Kier molecular flexibility index (Phi) is 5.76. The number of ether oxygens (including phenoxy) is 1. The van der Waals surface area contributed by atoms with Crippen LogP contribution < -0.4 is 16.0 Å². The summed E-state index contributed by atoms with van der Waals surface area (Å²) in [6.07, 6.45) is 0.831. The third-order valence-electron chi connectivity index (χ3n) is 4.62. The van der Waals surface area contributed by atoms with Gasteiger partial charge in [-0.15, -0.1) is 0 Å². The van der Waals surface area contributed by atoms with E-state index >= 15 is 0 Å². The van der Waals surface area contributed by atoms with Crippen LogP contribution in [-0.4, -0.2) is 41.8 Å². The van der Waals surface area contributed by atoms with Crippen LogP contribution in [0.3, 0.4) is 0 Å². The molecule has 0 bridgehead atoms. The van der Waals surface area contributed by atoms with E-state index in [2.05, 4.69) is 4.90 Å². The summed E-state index contributed by atoms with van der Waals surface area (Å²) in [6, 6.07) is 14.7. The molecule has 0 aliphatic heterocycles. The van der Waals surface area contributed by atoms with E-state index in [9.17, 15) is 9.59 Å². The topological polar surface area (TPSA) is 56.5 Å². The molecule has 1 heterocycles. The molecule has 0 saturated carbocycles. The average Bonchev–Trinajstić information content (AvgIpc) is 2.68. The summed E-state index contributed by atoms with van der Waals surface area (Å²) >= 11 is 0. The number of hydrogen-bond donors (Lipinski definition) is 0. The van der Waals surface area contributed by atoms with Crippen LogP contribution in [0.2, 0.25) is 0 Å². The van der Waals surface area contributed by atoms with Gasteiger partial charge in [-0.05, 0) is 56.9 Å². The fourth-order valence-electron chi connectivity index (χ4n) is 3.18. The smallest absolute Gasteiger partial charge is 0.331 e. The first kappa shape index (κ1) is 18.9. The summed E-state index contributed by atoms with van der Waals surface area (Å²) < 4.78 is 8.20. The molecular formula is C21H25N3O3. The number of para-hydroxylation sites is 1. The van der Waals surface area contributed by atoms with Gasteiger partial charge in [0.15, 0.2) is 0 Å². The normalized spacial score (nSPS) is 11.3. The molecule has 0 aliphatic carbocycles. The quantitative estimate of drug-likeness (QED) is 0.642. The van der Waals surface area contributed by atoms with Crippen LogP contribution in [0.5, 0.6) is 5.75 Å². The molecule has 0 N–H and O–H groups in total. The molecule has 142 valence electrons. The number of methoxy groups -OCH3 is 1. The molecule has 1 aromatic heterocycles. The van der Waals surface area contributed by atoms with E-state index in [1.807, 2.05) is 56.6 Å². The highest BCUT2D eigenvalue weighted by Crippen LogP contribution is 2.13. The first-order valence-corrected chi connectivity index (χ1v) is 9.01. The lowest BCUT2D eigenvalue weighted by molar-refractivity contribution is 0.384. The second-order valence-electron chi connectivity index (χ2n) is 6.85. The van der Waals surface area contributed by atoms with E-state index in [1.165, 1.54) is 4.57 Å². The van der Waals surface area contributed by atoms with Crippen LogP contribution in [0.25, 0.3) is 10.9 Å². The van der Waals surface area contributed by atoms with Crippen LogP contribution >= 0.6 is 0 Å². The molecule has 0 saturated heterocycles. The molecule has 6 heteroatoms. The molecule has 3 aromatic rings. The van der Waals surface area contributed by atoms with E-state index in [-0.39, 0.29) is 17.8 Å². The van der Waals surface area contributed by atoms with Crippen LogP contribution in [-0.2, 0) is 13.1 Å². The second-order valence-corrected chi connectivity index (χ2v) is 6.85. The van der Waals surface area contributed by atoms with Gasteiger partial charge < -0.3 is 9.64 Å². The van der Waals surface area contributed by atoms with Crippen LogP contribution in [0.1, 0.15) is 12.0 Å². The van der Waals surface area contributed by atoms with Gasteiger partial charge in [0.05, 0.1) is 24.6 Å². The van der Waals surface area contributed by atoms with Crippen molar-refractivity contribution in [3.8, 4) is 5.75 Å². The van der Waals surface area contributed by atoms with Gasteiger partial charge in [-0.1, -0.05) is 24.3 Å². The maximum atomic E-state index is 13.1.